The number of hydrogen-bond donors (Lipinski definition) is 0. The number of esters is 1. The summed E-state index contributed by atoms with van der Waals surface area (Å²) >= 11 is 0. The number of unbranched alkanes of at least 4 members (excludes halogenated alkanes) is 16. The summed E-state index contributed by atoms with van der Waals surface area (Å²) in [5.74, 6) is -2.19. The molecule has 39 heavy (non-hydrogen) atoms. The highest BCUT2D eigenvalue weighted by Crippen LogP contribution is 2.26. The molecule has 0 saturated heterocycles. The summed E-state index contributed by atoms with van der Waals surface area (Å²) in [6, 6.07) is 0. The molecule has 0 fully saturated rings. The minimum Gasteiger partial charge on any atom is -0.461 e. The molecule has 6 nitrogen and oxygen atoms in total. The number of hydrogen-bond acceptors (Lipinski definition) is 6. The quantitative estimate of drug-likeness (QED) is 0.0458. The largest absolute Gasteiger partial charge is 0.461 e. The van der Waals surface area contributed by atoms with Crippen LogP contribution in [0.4, 0.5) is 0 Å². The van der Waals surface area contributed by atoms with E-state index in [-0.39, 0.29) is 18.3 Å². The van der Waals surface area contributed by atoms with Crippen LogP contribution in [0.5, 0.6) is 0 Å². The van der Waals surface area contributed by atoms with Crippen LogP contribution in [0.2, 0.25) is 0 Å². The summed E-state index contributed by atoms with van der Waals surface area (Å²) in [5, 5.41) is 0. The molecule has 0 heterocycles. The molecule has 0 aromatic carbocycles. The molecule has 2 unspecified atom stereocenters. The molecule has 0 bridgehead atoms. The zero-order valence-corrected chi connectivity index (χ0v) is 26.2. The van der Waals surface area contributed by atoms with Gasteiger partial charge in [-0.25, -0.2) is 19.4 Å². The standard InChI is InChI=1S/C33H62O6/c1-6-9-12-15-17-20-23-26-30(34)37-29(25-22-19-14-11-8-3)32(28(4)5)33(36)39-38-31(35)27-24-21-18-16-13-10-7-2/h28-29,32H,6-27H2,1-5H3. The van der Waals surface area contributed by atoms with E-state index < -0.39 is 24.0 Å². The van der Waals surface area contributed by atoms with Gasteiger partial charge in [0, 0.05) is 6.42 Å². The lowest BCUT2D eigenvalue weighted by molar-refractivity contribution is -0.265. The molecular weight excluding hydrogens is 492 g/mol. The lowest BCUT2D eigenvalue weighted by atomic mass is 9.87. The molecular formula is C33H62O6. The van der Waals surface area contributed by atoms with Gasteiger partial charge in [-0.05, 0) is 31.6 Å². The summed E-state index contributed by atoms with van der Waals surface area (Å²) in [6.45, 7) is 10.4. The molecule has 0 amide bonds. The van der Waals surface area contributed by atoms with E-state index in [1.165, 1.54) is 57.8 Å². The summed E-state index contributed by atoms with van der Waals surface area (Å²) in [7, 11) is 0. The highest BCUT2D eigenvalue weighted by atomic mass is 17.2. The van der Waals surface area contributed by atoms with E-state index >= 15 is 0 Å². The highest BCUT2D eigenvalue weighted by Gasteiger charge is 2.36. The monoisotopic (exact) mass is 554 g/mol. The fourth-order valence-corrected chi connectivity index (χ4v) is 4.98. The normalized spacial score (nSPS) is 12.8. The topological polar surface area (TPSA) is 78.9 Å². The van der Waals surface area contributed by atoms with Crippen LogP contribution in [-0.2, 0) is 28.9 Å². The Morgan fingerprint density at radius 1 is 0.513 bits per heavy atom. The molecule has 0 spiro atoms. The average Bonchev–Trinajstić information content (AvgIpc) is 2.90. The van der Waals surface area contributed by atoms with Gasteiger partial charge in [-0.2, -0.15) is 0 Å². The van der Waals surface area contributed by atoms with E-state index in [1.54, 1.807) is 0 Å². The van der Waals surface area contributed by atoms with Crippen molar-refractivity contribution in [3.8, 4) is 0 Å². The summed E-state index contributed by atoms with van der Waals surface area (Å²) in [5.41, 5.74) is 0. The number of rotatable bonds is 26. The summed E-state index contributed by atoms with van der Waals surface area (Å²) < 4.78 is 5.89. The Kier molecular flexibility index (Phi) is 25.5. The minimum atomic E-state index is -0.666. The van der Waals surface area contributed by atoms with Crippen LogP contribution in [0.1, 0.15) is 176 Å². The lowest BCUT2D eigenvalue weighted by Gasteiger charge is -2.27. The third-order valence-corrected chi connectivity index (χ3v) is 7.45. The van der Waals surface area contributed by atoms with Crippen LogP contribution in [0.25, 0.3) is 0 Å². The molecule has 0 radical (unpaired) electrons. The van der Waals surface area contributed by atoms with Gasteiger partial charge in [0.15, 0.2) is 0 Å². The number of ether oxygens (including phenoxy) is 1. The minimum absolute atomic E-state index is 0.119. The van der Waals surface area contributed by atoms with E-state index in [2.05, 4.69) is 20.8 Å². The van der Waals surface area contributed by atoms with Gasteiger partial charge in [0.2, 0.25) is 0 Å². The van der Waals surface area contributed by atoms with Crippen LogP contribution in [0.3, 0.4) is 0 Å². The van der Waals surface area contributed by atoms with E-state index in [4.69, 9.17) is 14.5 Å². The van der Waals surface area contributed by atoms with Crippen LogP contribution in [-0.4, -0.2) is 24.0 Å². The second-order valence-corrected chi connectivity index (χ2v) is 11.6. The smallest absolute Gasteiger partial charge is 0.362 e. The molecule has 0 rings (SSSR count). The maximum atomic E-state index is 13.0. The van der Waals surface area contributed by atoms with Crippen molar-refractivity contribution >= 4 is 17.9 Å². The maximum absolute atomic E-state index is 13.0. The number of carbonyl (C=O) groups is 3. The van der Waals surface area contributed by atoms with Gasteiger partial charge >= 0.3 is 17.9 Å². The van der Waals surface area contributed by atoms with Crippen molar-refractivity contribution in [1.82, 2.24) is 0 Å². The Hall–Kier alpha value is -1.59. The van der Waals surface area contributed by atoms with E-state index in [9.17, 15) is 14.4 Å². The van der Waals surface area contributed by atoms with Crippen molar-refractivity contribution < 1.29 is 28.9 Å². The molecule has 0 aliphatic heterocycles. The van der Waals surface area contributed by atoms with Gasteiger partial charge in [-0.1, -0.05) is 137 Å². The molecule has 0 aromatic rings. The Morgan fingerprint density at radius 2 is 0.923 bits per heavy atom. The zero-order chi connectivity index (χ0) is 29.1. The highest BCUT2D eigenvalue weighted by molar-refractivity contribution is 5.76. The summed E-state index contributed by atoms with van der Waals surface area (Å²) in [4.78, 5) is 47.8. The van der Waals surface area contributed by atoms with Crippen molar-refractivity contribution in [3.63, 3.8) is 0 Å². The molecule has 0 aliphatic rings. The first-order valence-electron chi connectivity index (χ1n) is 16.5. The van der Waals surface area contributed by atoms with Crippen LogP contribution in [0.15, 0.2) is 0 Å². The van der Waals surface area contributed by atoms with Crippen molar-refractivity contribution in [2.24, 2.45) is 11.8 Å². The van der Waals surface area contributed by atoms with Gasteiger partial charge in [-0.3, -0.25) is 4.79 Å². The third kappa shape index (κ3) is 21.9. The Morgan fingerprint density at radius 3 is 1.38 bits per heavy atom. The summed E-state index contributed by atoms with van der Waals surface area (Å²) in [6.07, 6.45) is 21.6. The van der Waals surface area contributed by atoms with Crippen LogP contribution >= 0.6 is 0 Å². The van der Waals surface area contributed by atoms with Gasteiger partial charge in [0.05, 0.1) is 6.42 Å². The van der Waals surface area contributed by atoms with E-state index in [0.29, 0.717) is 12.8 Å². The Labute approximate surface area is 240 Å². The van der Waals surface area contributed by atoms with Gasteiger partial charge < -0.3 is 4.74 Å². The molecule has 2 atom stereocenters. The fraction of sp³-hybridized carbons (Fsp3) is 0.909. The van der Waals surface area contributed by atoms with Gasteiger partial charge in [0.1, 0.15) is 12.0 Å². The second-order valence-electron chi connectivity index (χ2n) is 11.6. The van der Waals surface area contributed by atoms with E-state index in [1.807, 2.05) is 13.8 Å². The predicted molar refractivity (Wildman–Crippen MR) is 159 cm³/mol. The predicted octanol–water partition coefficient (Wildman–Crippen LogP) is 9.81. The Balaban J connectivity index is 4.77. The molecule has 0 aliphatic carbocycles. The van der Waals surface area contributed by atoms with Crippen molar-refractivity contribution in [1.29, 1.82) is 0 Å². The van der Waals surface area contributed by atoms with Gasteiger partial charge in [-0.15, -0.1) is 0 Å². The lowest BCUT2D eigenvalue weighted by Crippen LogP contribution is -2.37. The van der Waals surface area contributed by atoms with Crippen molar-refractivity contribution in [3.05, 3.63) is 0 Å². The first-order chi connectivity index (χ1) is 18.9. The molecule has 230 valence electrons. The molecule has 0 saturated carbocycles. The third-order valence-electron chi connectivity index (χ3n) is 7.45. The SMILES string of the molecule is CCCCCCCCCC(=O)OOC(=O)C(C(C)C)C(CCCCCCC)OC(=O)CCCCCCCCC. The van der Waals surface area contributed by atoms with Crippen LogP contribution in [0, 0.1) is 11.8 Å². The molecule has 0 N–H and O–H groups in total. The van der Waals surface area contributed by atoms with Crippen LogP contribution < -0.4 is 0 Å². The first-order valence-corrected chi connectivity index (χ1v) is 16.5. The van der Waals surface area contributed by atoms with Gasteiger partial charge in [0.25, 0.3) is 0 Å². The molecule has 0 aromatic heterocycles. The Bertz CT molecular complexity index is 603. The van der Waals surface area contributed by atoms with Crippen molar-refractivity contribution in [2.75, 3.05) is 0 Å². The fourth-order valence-electron chi connectivity index (χ4n) is 4.98. The first kappa shape index (κ1) is 37.4. The number of carbonyl (C=O) groups excluding carboxylic acids is 3. The van der Waals surface area contributed by atoms with E-state index in [0.717, 1.165) is 64.2 Å². The average molecular weight is 555 g/mol. The zero-order valence-electron chi connectivity index (χ0n) is 26.2. The maximum Gasteiger partial charge on any atom is 0.362 e. The van der Waals surface area contributed by atoms with Crippen molar-refractivity contribution in [2.45, 2.75) is 182 Å². The molecule has 6 heteroatoms. The second kappa shape index (κ2) is 26.6.